The first-order valence-electron chi connectivity index (χ1n) is 9.52. The van der Waals surface area contributed by atoms with E-state index in [1.54, 1.807) is 12.1 Å². The van der Waals surface area contributed by atoms with Crippen LogP contribution < -0.4 is 5.73 Å². The predicted molar refractivity (Wildman–Crippen MR) is 102 cm³/mol. The summed E-state index contributed by atoms with van der Waals surface area (Å²) in [6.45, 7) is 2.94. The molecule has 1 amide bonds. The van der Waals surface area contributed by atoms with Crippen LogP contribution in [-0.2, 0) is 16.0 Å². The van der Waals surface area contributed by atoms with Crippen LogP contribution in [0.25, 0.3) is 0 Å². The number of carbonyl (C=O) groups excluding carboxylic acids is 1. The molecular weight excluding hydrogens is 343 g/mol. The van der Waals surface area contributed by atoms with Crippen molar-refractivity contribution in [3.05, 3.63) is 71.0 Å². The van der Waals surface area contributed by atoms with Crippen molar-refractivity contribution in [2.75, 3.05) is 13.2 Å². The average Bonchev–Trinajstić information content (AvgIpc) is 2.67. The maximum absolute atomic E-state index is 13.6. The minimum Gasteiger partial charge on any atom is -0.365 e. The molecule has 2 heterocycles. The SMILES string of the molecule is C[C@@]1(C(=O)N2CCc3ccccc3[C@@H]2c2ccc(F)cc2)C[C@H](N)CCO1. The lowest BCUT2D eigenvalue weighted by Crippen LogP contribution is -2.56. The molecule has 4 rings (SSSR count). The first kappa shape index (κ1) is 18.1. The number of nitrogens with two attached hydrogens (primary N) is 1. The van der Waals surface area contributed by atoms with Gasteiger partial charge in [0.2, 0.25) is 0 Å². The summed E-state index contributed by atoms with van der Waals surface area (Å²) in [6.07, 6.45) is 2.08. The molecule has 0 bridgehead atoms. The van der Waals surface area contributed by atoms with Crippen LogP contribution in [0.2, 0.25) is 0 Å². The molecule has 142 valence electrons. The van der Waals surface area contributed by atoms with Crippen molar-refractivity contribution in [2.24, 2.45) is 5.73 Å². The van der Waals surface area contributed by atoms with Gasteiger partial charge in [-0.15, -0.1) is 0 Å². The van der Waals surface area contributed by atoms with E-state index in [0.29, 0.717) is 19.6 Å². The Morgan fingerprint density at radius 2 is 1.96 bits per heavy atom. The van der Waals surface area contributed by atoms with Crippen LogP contribution >= 0.6 is 0 Å². The van der Waals surface area contributed by atoms with Crippen molar-refractivity contribution in [1.29, 1.82) is 0 Å². The second-order valence-electron chi connectivity index (χ2n) is 7.73. The number of fused-ring (bicyclic) bond motifs is 1. The smallest absolute Gasteiger partial charge is 0.255 e. The van der Waals surface area contributed by atoms with Gasteiger partial charge in [0, 0.05) is 25.6 Å². The third-order valence-electron chi connectivity index (χ3n) is 5.74. The van der Waals surface area contributed by atoms with Crippen molar-refractivity contribution in [3.63, 3.8) is 0 Å². The molecule has 1 fully saturated rings. The lowest BCUT2D eigenvalue weighted by Gasteiger charge is -2.44. The summed E-state index contributed by atoms with van der Waals surface area (Å²) < 4.78 is 19.4. The summed E-state index contributed by atoms with van der Waals surface area (Å²) in [6, 6.07) is 14.3. The second kappa shape index (κ2) is 7.06. The molecule has 27 heavy (non-hydrogen) atoms. The monoisotopic (exact) mass is 368 g/mol. The summed E-state index contributed by atoms with van der Waals surface area (Å²) in [5.74, 6) is -0.323. The Balaban J connectivity index is 1.74. The van der Waals surface area contributed by atoms with Crippen LogP contribution in [0.1, 0.15) is 42.5 Å². The third-order valence-corrected chi connectivity index (χ3v) is 5.74. The summed E-state index contributed by atoms with van der Waals surface area (Å²) in [4.78, 5) is 15.4. The highest BCUT2D eigenvalue weighted by atomic mass is 19.1. The number of hydrogen-bond donors (Lipinski definition) is 1. The molecule has 0 aromatic heterocycles. The Morgan fingerprint density at radius 3 is 2.70 bits per heavy atom. The minimum absolute atomic E-state index is 0.0333. The summed E-state index contributed by atoms with van der Waals surface area (Å²) >= 11 is 0. The molecule has 0 saturated carbocycles. The zero-order valence-corrected chi connectivity index (χ0v) is 15.5. The quantitative estimate of drug-likeness (QED) is 0.886. The average molecular weight is 368 g/mol. The van der Waals surface area contributed by atoms with E-state index in [0.717, 1.165) is 24.0 Å². The van der Waals surface area contributed by atoms with Gasteiger partial charge in [-0.1, -0.05) is 36.4 Å². The molecule has 0 spiro atoms. The lowest BCUT2D eigenvalue weighted by atomic mass is 9.85. The maximum Gasteiger partial charge on any atom is 0.255 e. The van der Waals surface area contributed by atoms with Crippen LogP contribution in [-0.4, -0.2) is 35.6 Å². The lowest BCUT2D eigenvalue weighted by molar-refractivity contribution is -0.165. The fourth-order valence-electron chi connectivity index (χ4n) is 4.34. The molecule has 2 aromatic carbocycles. The van der Waals surface area contributed by atoms with Gasteiger partial charge in [-0.05, 0) is 48.6 Å². The normalized spacial score (nSPS) is 27.9. The Morgan fingerprint density at radius 1 is 1.22 bits per heavy atom. The molecule has 5 heteroatoms. The van der Waals surface area contributed by atoms with E-state index in [-0.39, 0.29) is 23.8 Å². The fraction of sp³-hybridized carbons (Fsp3) is 0.409. The minimum atomic E-state index is -0.914. The van der Waals surface area contributed by atoms with Crippen LogP contribution in [0.3, 0.4) is 0 Å². The molecule has 2 aliphatic rings. The number of halogens is 1. The number of ether oxygens (including phenoxy) is 1. The number of carbonyl (C=O) groups is 1. The van der Waals surface area contributed by atoms with Crippen molar-refractivity contribution < 1.29 is 13.9 Å². The Kier molecular flexibility index (Phi) is 4.74. The predicted octanol–water partition coefficient (Wildman–Crippen LogP) is 3.20. The molecule has 1 saturated heterocycles. The molecular formula is C22H25FN2O2. The van der Waals surface area contributed by atoms with Crippen LogP contribution in [0.15, 0.2) is 48.5 Å². The Hall–Kier alpha value is -2.24. The van der Waals surface area contributed by atoms with E-state index in [4.69, 9.17) is 10.5 Å². The molecule has 2 N–H and O–H groups in total. The zero-order valence-electron chi connectivity index (χ0n) is 15.5. The van der Waals surface area contributed by atoms with Crippen molar-refractivity contribution in [1.82, 2.24) is 4.90 Å². The van der Waals surface area contributed by atoms with Crippen LogP contribution in [0, 0.1) is 5.82 Å². The Bertz CT molecular complexity index is 838. The zero-order chi connectivity index (χ0) is 19.0. The molecule has 3 atom stereocenters. The van der Waals surface area contributed by atoms with Gasteiger partial charge in [0.15, 0.2) is 0 Å². The van der Waals surface area contributed by atoms with E-state index in [9.17, 15) is 9.18 Å². The van der Waals surface area contributed by atoms with Gasteiger partial charge >= 0.3 is 0 Å². The highest BCUT2D eigenvalue weighted by Crippen LogP contribution is 2.38. The van der Waals surface area contributed by atoms with Gasteiger partial charge in [0.25, 0.3) is 5.91 Å². The van der Waals surface area contributed by atoms with E-state index in [1.165, 1.54) is 17.7 Å². The Labute approximate surface area is 159 Å². The second-order valence-corrected chi connectivity index (χ2v) is 7.73. The van der Waals surface area contributed by atoms with E-state index in [2.05, 4.69) is 12.1 Å². The summed E-state index contributed by atoms with van der Waals surface area (Å²) in [5.41, 5.74) is 8.43. The summed E-state index contributed by atoms with van der Waals surface area (Å²) in [7, 11) is 0. The highest BCUT2D eigenvalue weighted by molar-refractivity contribution is 5.86. The van der Waals surface area contributed by atoms with Crippen molar-refractivity contribution in [3.8, 4) is 0 Å². The number of hydrogen-bond acceptors (Lipinski definition) is 3. The molecule has 4 nitrogen and oxygen atoms in total. The van der Waals surface area contributed by atoms with E-state index in [1.807, 2.05) is 24.0 Å². The van der Waals surface area contributed by atoms with Gasteiger partial charge in [0.1, 0.15) is 11.4 Å². The fourth-order valence-corrected chi connectivity index (χ4v) is 4.34. The first-order chi connectivity index (χ1) is 13.0. The van der Waals surface area contributed by atoms with Crippen LogP contribution in [0.4, 0.5) is 4.39 Å². The van der Waals surface area contributed by atoms with Gasteiger partial charge in [-0.25, -0.2) is 4.39 Å². The third kappa shape index (κ3) is 3.37. The van der Waals surface area contributed by atoms with Crippen molar-refractivity contribution in [2.45, 2.75) is 43.9 Å². The number of nitrogens with zero attached hydrogens (tertiary/aromatic N) is 1. The van der Waals surface area contributed by atoms with E-state index < -0.39 is 5.60 Å². The van der Waals surface area contributed by atoms with Gasteiger partial charge < -0.3 is 15.4 Å². The standard InChI is InChI=1S/C22H25FN2O2/c1-22(14-18(24)11-13-27-22)21(26)25-12-10-15-4-2-3-5-19(15)20(25)16-6-8-17(23)9-7-16/h2-9,18,20H,10-14,24H2,1H3/t18-,20+,22+/m1/s1. The number of amides is 1. The highest BCUT2D eigenvalue weighted by Gasteiger charge is 2.45. The molecule has 0 radical (unpaired) electrons. The number of rotatable bonds is 2. The number of benzene rings is 2. The van der Waals surface area contributed by atoms with Crippen LogP contribution in [0.5, 0.6) is 0 Å². The molecule has 2 aromatic rings. The van der Waals surface area contributed by atoms with E-state index >= 15 is 0 Å². The van der Waals surface area contributed by atoms with Gasteiger partial charge in [-0.2, -0.15) is 0 Å². The molecule has 0 unspecified atom stereocenters. The first-order valence-corrected chi connectivity index (χ1v) is 9.52. The van der Waals surface area contributed by atoms with Gasteiger partial charge in [0.05, 0.1) is 6.04 Å². The maximum atomic E-state index is 13.6. The topological polar surface area (TPSA) is 55.6 Å². The van der Waals surface area contributed by atoms with Crippen molar-refractivity contribution >= 4 is 5.91 Å². The largest absolute Gasteiger partial charge is 0.365 e. The summed E-state index contributed by atoms with van der Waals surface area (Å²) in [5, 5.41) is 0. The van der Waals surface area contributed by atoms with Gasteiger partial charge in [-0.3, -0.25) is 4.79 Å². The molecule has 0 aliphatic carbocycles. The molecule has 2 aliphatic heterocycles.